The maximum Gasteiger partial charge on any atom is 0.306 e. The second-order valence-electron chi connectivity index (χ2n) is 10.7. The van der Waals surface area contributed by atoms with E-state index >= 15 is 0 Å². The van der Waals surface area contributed by atoms with Crippen LogP contribution in [0, 0.1) is 23.7 Å². The SMILES string of the molecule is C=C1CCC(C(C)C)C2C1C1OC2C(C)(OC(=O)CCC)CCC(OC)C(C)(O)C1O. The molecule has 0 aromatic carbocycles. The van der Waals surface area contributed by atoms with Crippen LogP contribution in [0.5, 0.6) is 0 Å². The van der Waals surface area contributed by atoms with Gasteiger partial charge in [0.1, 0.15) is 23.4 Å². The Hall–Kier alpha value is -0.950. The van der Waals surface area contributed by atoms with Crippen molar-refractivity contribution in [2.45, 2.75) is 109 Å². The van der Waals surface area contributed by atoms with Gasteiger partial charge in [0.05, 0.1) is 12.2 Å². The van der Waals surface area contributed by atoms with Crippen LogP contribution in [0.2, 0.25) is 0 Å². The van der Waals surface area contributed by atoms with Gasteiger partial charge >= 0.3 is 5.97 Å². The Kier molecular flexibility index (Phi) is 7.27. The van der Waals surface area contributed by atoms with Gasteiger partial charge in [0.25, 0.3) is 0 Å². The van der Waals surface area contributed by atoms with Crippen LogP contribution < -0.4 is 0 Å². The molecule has 2 N–H and O–H groups in total. The first-order valence-electron chi connectivity index (χ1n) is 12.0. The molecule has 0 aromatic heterocycles. The maximum absolute atomic E-state index is 12.6. The zero-order valence-corrected chi connectivity index (χ0v) is 20.1. The molecule has 2 heterocycles. The lowest BCUT2D eigenvalue weighted by Crippen LogP contribution is -2.57. The molecule has 0 spiro atoms. The van der Waals surface area contributed by atoms with E-state index in [0.29, 0.717) is 37.5 Å². The number of carbonyl (C=O) groups is 1. The van der Waals surface area contributed by atoms with Crippen molar-refractivity contribution in [1.82, 2.24) is 0 Å². The van der Waals surface area contributed by atoms with Crippen molar-refractivity contribution in [3.05, 3.63) is 12.2 Å². The van der Waals surface area contributed by atoms with Crippen LogP contribution in [0.1, 0.15) is 73.1 Å². The van der Waals surface area contributed by atoms with Gasteiger partial charge in [0.15, 0.2) is 0 Å². The standard InChI is InChI=1S/C25H42O6/c1-8-9-18(26)31-24(5)13-12-17(29-7)25(6,28)22(27)21-19-15(4)10-11-16(14(2)3)20(19)23(24)30-21/h14,16-17,19-23,27-28H,4,8-13H2,1-3,5-7H3. The minimum absolute atomic E-state index is 0.0789. The quantitative estimate of drug-likeness (QED) is 0.504. The molecule has 6 nitrogen and oxygen atoms in total. The number of methoxy groups -OCH3 is 1. The Morgan fingerprint density at radius 2 is 2.00 bits per heavy atom. The number of fused-ring (bicyclic) bond motifs is 5. The number of hydrogen-bond acceptors (Lipinski definition) is 6. The fraction of sp³-hybridized carbons (Fsp3) is 0.880. The summed E-state index contributed by atoms with van der Waals surface area (Å²) in [6.45, 7) is 14.3. The predicted molar refractivity (Wildman–Crippen MR) is 118 cm³/mol. The molecule has 0 aromatic rings. The van der Waals surface area contributed by atoms with Crippen molar-refractivity contribution in [1.29, 1.82) is 0 Å². The number of aliphatic hydroxyl groups excluding tert-OH is 1. The van der Waals surface area contributed by atoms with Gasteiger partial charge < -0.3 is 24.4 Å². The number of rotatable bonds is 5. The van der Waals surface area contributed by atoms with Gasteiger partial charge in [-0.1, -0.05) is 32.9 Å². The van der Waals surface area contributed by atoms with Crippen molar-refractivity contribution in [3.8, 4) is 0 Å². The first kappa shape index (κ1) is 24.7. The number of hydrogen-bond donors (Lipinski definition) is 2. The van der Waals surface area contributed by atoms with Gasteiger partial charge in [-0.05, 0) is 57.8 Å². The number of carbonyl (C=O) groups excluding carboxylic acids is 1. The Bertz CT molecular complexity index is 673. The van der Waals surface area contributed by atoms with E-state index in [0.717, 1.165) is 18.4 Å². The average Bonchev–Trinajstić information content (AvgIpc) is 3.09. The van der Waals surface area contributed by atoms with E-state index in [1.807, 2.05) is 13.8 Å². The molecule has 3 aliphatic rings. The third-order valence-corrected chi connectivity index (χ3v) is 8.20. The largest absolute Gasteiger partial charge is 0.457 e. The molecule has 31 heavy (non-hydrogen) atoms. The average molecular weight is 439 g/mol. The van der Waals surface area contributed by atoms with Gasteiger partial charge in [-0.25, -0.2) is 0 Å². The summed E-state index contributed by atoms with van der Waals surface area (Å²) in [7, 11) is 1.54. The molecule has 9 unspecified atom stereocenters. The molecule has 1 saturated carbocycles. The summed E-state index contributed by atoms with van der Waals surface area (Å²) in [6, 6.07) is 0. The molecule has 2 saturated heterocycles. The molecule has 0 radical (unpaired) electrons. The van der Waals surface area contributed by atoms with Crippen LogP contribution in [-0.4, -0.2) is 58.9 Å². The highest BCUT2D eigenvalue weighted by molar-refractivity contribution is 5.69. The van der Waals surface area contributed by atoms with Crippen LogP contribution in [0.15, 0.2) is 12.2 Å². The molecule has 178 valence electrons. The normalized spacial score (nSPS) is 45.6. The zero-order valence-electron chi connectivity index (χ0n) is 20.1. The number of ether oxygens (including phenoxy) is 3. The zero-order chi connectivity index (χ0) is 23.1. The summed E-state index contributed by atoms with van der Waals surface area (Å²) in [5.41, 5.74) is -1.31. The topological polar surface area (TPSA) is 85.2 Å². The summed E-state index contributed by atoms with van der Waals surface area (Å²) in [5.74, 6) is 0.547. The molecule has 3 fully saturated rings. The highest BCUT2D eigenvalue weighted by atomic mass is 16.6. The second kappa shape index (κ2) is 9.12. The Balaban J connectivity index is 2.11. The third kappa shape index (κ3) is 4.33. The lowest BCUT2D eigenvalue weighted by molar-refractivity contribution is -0.192. The monoisotopic (exact) mass is 438 g/mol. The Morgan fingerprint density at radius 3 is 2.58 bits per heavy atom. The summed E-state index contributed by atoms with van der Waals surface area (Å²) in [6.07, 6.45) is 1.19. The van der Waals surface area contributed by atoms with Crippen LogP contribution >= 0.6 is 0 Å². The highest BCUT2D eigenvalue weighted by Gasteiger charge is 2.63. The van der Waals surface area contributed by atoms with Gasteiger partial charge in [0.2, 0.25) is 0 Å². The molecule has 2 bridgehead atoms. The van der Waals surface area contributed by atoms with E-state index < -0.39 is 29.5 Å². The first-order valence-corrected chi connectivity index (χ1v) is 12.0. The maximum atomic E-state index is 12.6. The van der Waals surface area contributed by atoms with E-state index in [2.05, 4.69) is 20.4 Å². The molecule has 1 aliphatic carbocycles. The van der Waals surface area contributed by atoms with Crippen molar-refractivity contribution >= 4 is 5.97 Å². The fourth-order valence-electron chi connectivity index (χ4n) is 6.41. The van der Waals surface area contributed by atoms with Crippen LogP contribution in [-0.2, 0) is 19.0 Å². The molecular weight excluding hydrogens is 396 g/mol. The smallest absolute Gasteiger partial charge is 0.306 e. The molecule has 6 heteroatoms. The highest BCUT2D eigenvalue weighted by Crippen LogP contribution is 2.56. The molecule has 9 atom stereocenters. The summed E-state index contributed by atoms with van der Waals surface area (Å²) >= 11 is 0. The summed E-state index contributed by atoms with van der Waals surface area (Å²) in [4.78, 5) is 12.6. The fourth-order valence-corrected chi connectivity index (χ4v) is 6.41. The lowest BCUT2D eigenvalue weighted by atomic mass is 9.60. The summed E-state index contributed by atoms with van der Waals surface area (Å²) in [5, 5.41) is 22.7. The van der Waals surface area contributed by atoms with E-state index in [1.54, 1.807) is 14.0 Å². The van der Waals surface area contributed by atoms with Gasteiger partial charge in [-0.2, -0.15) is 0 Å². The molecule has 0 amide bonds. The van der Waals surface area contributed by atoms with Crippen molar-refractivity contribution in [2.24, 2.45) is 23.7 Å². The van der Waals surface area contributed by atoms with E-state index in [4.69, 9.17) is 14.2 Å². The van der Waals surface area contributed by atoms with Crippen LogP contribution in [0.25, 0.3) is 0 Å². The first-order chi connectivity index (χ1) is 14.5. The Labute approximate surface area is 187 Å². The van der Waals surface area contributed by atoms with Crippen molar-refractivity contribution in [2.75, 3.05) is 7.11 Å². The van der Waals surface area contributed by atoms with Gasteiger partial charge in [-0.3, -0.25) is 4.79 Å². The van der Waals surface area contributed by atoms with Crippen LogP contribution in [0.3, 0.4) is 0 Å². The van der Waals surface area contributed by atoms with Crippen molar-refractivity contribution in [3.63, 3.8) is 0 Å². The van der Waals surface area contributed by atoms with Crippen LogP contribution in [0.4, 0.5) is 0 Å². The van der Waals surface area contributed by atoms with Crippen molar-refractivity contribution < 1.29 is 29.2 Å². The predicted octanol–water partition coefficient (Wildman–Crippen LogP) is 3.63. The van der Waals surface area contributed by atoms with E-state index in [1.165, 1.54) is 0 Å². The minimum Gasteiger partial charge on any atom is -0.457 e. The number of esters is 1. The minimum atomic E-state index is -1.50. The second-order valence-corrected chi connectivity index (χ2v) is 10.7. The Morgan fingerprint density at radius 1 is 1.32 bits per heavy atom. The number of aliphatic hydroxyl groups is 2. The molecular formula is C25H42O6. The third-order valence-electron chi connectivity index (χ3n) is 8.20. The summed E-state index contributed by atoms with van der Waals surface area (Å²) < 4.78 is 18.4. The van der Waals surface area contributed by atoms with Gasteiger partial charge in [-0.15, -0.1) is 0 Å². The lowest BCUT2D eigenvalue weighted by Gasteiger charge is -2.47. The van der Waals surface area contributed by atoms with E-state index in [-0.39, 0.29) is 23.9 Å². The molecule has 2 aliphatic heterocycles. The van der Waals surface area contributed by atoms with E-state index in [9.17, 15) is 15.0 Å². The van der Waals surface area contributed by atoms with Gasteiger partial charge in [0, 0.05) is 25.4 Å². The molecule has 3 rings (SSSR count).